The maximum absolute atomic E-state index is 11.5. The van der Waals surface area contributed by atoms with E-state index in [4.69, 9.17) is 0 Å². The van der Waals surface area contributed by atoms with Crippen LogP contribution in [0.15, 0.2) is 55.0 Å². The third kappa shape index (κ3) is 3.80. The maximum Gasteiger partial charge on any atom is 0.313 e. The summed E-state index contributed by atoms with van der Waals surface area (Å²) in [4.78, 5) is 19.0. The number of nitrogens with one attached hydrogen (secondary N) is 1. The zero-order valence-electron chi connectivity index (χ0n) is 16.3. The lowest BCUT2D eigenvalue weighted by Gasteiger charge is -2.22. The first kappa shape index (κ1) is 18.9. The van der Waals surface area contributed by atoms with Crippen LogP contribution >= 0.6 is 0 Å². The fraction of sp³-hybridized carbons (Fsp3) is 0.304. The Balaban J connectivity index is 1.94. The van der Waals surface area contributed by atoms with Gasteiger partial charge in [0.05, 0.1) is 11.7 Å². The summed E-state index contributed by atoms with van der Waals surface area (Å²) >= 11 is 0. The third-order valence-electron chi connectivity index (χ3n) is 5.57. The van der Waals surface area contributed by atoms with Crippen LogP contribution in [0.25, 0.3) is 0 Å². The quantitative estimate of drug-likeness (QED) is 0.664. The van der Waals surface area contributed by atoms with Crippen molar-refractivity contribution in [1.82, 2.24) is 9.97 Å². The molecular formula is C23H26N2O2. The number of aliphatic carboxylic acids is 1. The molecule has 0 fully saturated rings. The van der Waals surface area contributed by atoms with Gasteiger partial charge in [-0.05, 0) is 61.9 Å². The largest absolute Gasteiger partial charge is 0.481 e. The Morgan fingerprint density at radius 1 is 1.15 bits per heavy atom. The first-order valence-corrected chi connectivity index (χ1v) is 9.18. The molecule has 3 aromatic rings. The summed E-state index contributed by atoms with van der Waals surface area (Å²) in [6.45, 7) is 7.75. The van der Waals surface area contributed by atoms with Crippen LogP contribution in [-0.2, 0) is 16.6 Å². The minimum Gasteiger partial charge on any atom is -0.481 e. The number of aromatic amines is 1. The van der Waals surface area contributed by atoms with Crippen molar-refractivity contribution in [3.63, 3.8) is 0 Å². The number of aromatic nitrogens is 2. The number of hydrogen-bond donors (Lipinski definition) is 2. The van der Waals surface area contributed by atoms with E-state index < -0.39 is 11.4 Å². The Morgan fingerprint density at radius 2 is 1.85 bits per heavy atom. The van der Waals surface area contributed by atoms with Crippen molar-refractivity contribution in [2.75, 3.05) is 0 Å². The number of aryl methyl sites for hydroxylation is 1. The van der Waals surface area contributed by atoms with Crippen LogP contribution in [0.4, 0.5) is 0 Å². The molecule has 4 nitrogen and oxygen atoms in total. The van der Waals surface area contributed by atoms with Crippen molar-refractivity contribution in [2.45, 2.75) is 45.4 Å². The molecule has 0 aliphatic rings. The average Bonchev–Trinajstić information content (AvgIpc) is 3.17. The van der Waals surface area contributed by atoms with Crippen LogP contribution in [0.2, 0.25) is 0 Å². The van der Waals surface area contributed by atoms with Gasteiger partial charge in [0.15, 0.2) is 0 Å². The van der Waals surface area contributed by atoms with Gasteiger partial charge in [-0.25, -0.2) is 4.98 Å². The minimum absolute atomic E-state index is 0.172. The zero-order valence-corrected chi connectivity index (χ0v) is 16.3. The van der Waals surface area contributed by atoms with Gasteiger partial charge in [0.2, 0.25) is 0 Å². The van der Waals surface area contributed by atoms with Gasteiger partial charge < -0.3 is 10.1 Å². The van der Waals surface area contributed by atoms with Crippen molar-refractivity contribution in [3.05, 3.63) is 88.5 Å². The minimum atomic E-state index is -0.894. The van der Waals surface area contributed by atoms with E-state index in [2.05, 4.69) is 42.0 Å². The molecule has 2 N–H and O–H groups in total. The Bertz CT molecular complexity index is 926. The molecule has 0 radical (unpaired) electrons. The predicted octanol–water partition coefficient (Wildman–Crippen LogP) is 4.76. The lowest BCUT2D eigenvalue weighted by Crippen LogP contribution is -2.28. The van der Waals surface area contributed by atoms with Gasteiger partial charge >= 0.3 is 5.97 Å². The van der Waals surface area contributed by atoms with Gasteiger partial charge in [0.25, 0.3) is 0 Å². The average molecular weight is 362 g/mol. The molecule has 0 amide bonds. The summed E-state index contributed by atoms with van der Waals surface area (Å²) in [6, 6.07) is 14.3. The third-order valence-corrected chi connectivity index (χ3v) is 5.57. The zero-order chi connectivity index (χ0) is 19.6. The van der Waals surface area contributed by atoms with E-state index in [1.807, 2.05) is 30.5 Å². The van der Waals surface area contributed by atoms with Crippen LogP contribution in [0.3, 0.4) is 0 Å². The number of nitrogens with zero attached hydrogens (tertiary/aromatic N) is 1. The van der Waals surface area contributed by atoms with Crippen LogP contribution in [0.1, 0.15) is 53.3 Å². The van der Waals surface area contributed by atoms with Crippen molar-refractivity contribution >= 4 is 5.97 Å². The Labute approximate surface area is 160 Å². The van der Waals surface area contributed by atoms with Crippen molar-refractivity contribution in [3.8, 4) is 0 Å². The Hall–Kier alpha value is -2.88. The summed E-state index contributed by atoms with van der Waals surface area (Å²) in [5.41, 5.74) is 6.02. The molecule has 1 heterocycles. The molecule has 0 saturated carbocycles. The Kier molecular flexibility index (Phi) is 5.17. The van der Waals surface area contributed by atoms with Gasteiger partial charge in [0.1, 0.15) is 0 Å². The molecule has 1 atom stereocenters. The normalized spacial score (nSPS) is 12.7. The first-order chi connectivity index (χ1) is 12.8. The second-order valence-corrected chi connectivity index (χ2v) is 7.68. The van der Waals surface area contributed by atoms with Gasteiger partial charge in [-0.1, -0.05) is 42.5 Å². The van der Waals surface area contributed by atoms with Gasteiger partial charge in [-0.3, -0.25) is 4.79 Å². The summed E-state index contributed by atoms with van der Waals surface area (Å²) in [5.74, 6) is -0.647. The molecule has 0 saturated heterocycles. The molecular weight excluding hydrogens is 336 g/mol. The molecule has 0 aliphatic heterocycles. The van der Waals surface area contributed by atoms with E-state index in [1.54, 1.807) is 20.2 Å². The summed E-state index contributed by atoms with van der Waals surface area (Å²) < 4.78 is 0. The second-order valence-electron chi connectivity index (χ2n) is 7.68. The lowest BCUT2D eigenvalue weighted by atomic mass is 9.82. The molecule has 0 aliphatic carbocycles. The summed E-state index contributed by atoms with van der Waals surface area (Å²) in [6.07, 6.45) is 4.42. The summed E-state index contributed by atoms with van der Waals surface area (Å²) in [7, 11) is 0. The number of H-pyrrole nitrogens is 1. The summed E-state index contributed by atoms with van der Waals surface area (Å²) in [5, 5.41) is 9.43. The predicted molar refractivity (Wildman–Crippen MR) is 107 cm³/mol. The monoisotopic (exact) mass is 362 g/mol. The highest BCUT2D eigenvalue weighted by Gasteiger charge is 2.29. The number of carboxylic acid groups (broad SMARTS) is 1. The van der Waals surface area contributed by atoms with E-state index in [9.17, 15) is 9.90 Å². The van der Waals surface area contributed by atoms with Crippen LogP contribution in [0.5, 0.6) is 0 Å². The fourth-order valence-corrected chi connectivity index (χ4v) is 3.41. The molecule has 0 spiro atoms. The number of rotatable bonds is 6. The SMILES string of the molecule is Cc1cccc(C(Cc2ccc(C(C)(C)C(=O)O)cc2)c2cnc[nH]2)c1C. The van der Waals surface area contributed by atoms with Crippen molar-refractivity contribution < 1.29 is 9.90 Å². The van der Waals surface area contributed by atoms with Crippen LogP contribution in [0, 0.1) is 13.8 Å². The molecule has 27 heavy (non-hydrogen) atoms. The molecule has 3 rings (SSSR count). The highest BCUT2D eigenvalue weighted by Crippen LogP contribution is 2.31. The standard InChI is InChI=1S/C23H26N2O2/c1-15-6-5-7-19(16(15)2)20(21-13-24-14-25-21)12-17-8-10-18(11-9-17)23(3,4)22(26)27/h5-11,13-14,20H,12H2,1-4H3,(H,24,25)(H,26,27). The molecule has 1 unspecified atom stereocenters. The van der Waals surface area contributed by atoms with Gasteiger partial charge in [0, 0.05) is 17.8 Å². The lowest BCUT2D eigenvalue weighted by molar-refractivity contribution is -0.142. The highest BCUT2D eigenvalue weighted by molar-refractivity contribution is 5.80. The second kappa shape index (κ2) is 7.39. The molecule has 0 bridgehead atoms. The van der Waals surface area contributed by atoms with E-state index >= 15 is 0 Å². The smallest absolute Gasteiger partial charge is 0.313 e. The Morgan fingerprint density at radius 3 is 2.44 bits per heavy atom. The number of carbonyl (C=O) groups is 1. The van der Waals surface area contributed by atoms with Crippen LogP contribution in [-0.4, -0.2) is 21.0 Å². The molecule has 4 heteroatoms. The topological polar surface area (TPSA) is 66.0 Å². The number of hydrogen-bond acceptors (Lipinski definition) is 2. The van der Waals surface area contributed by atoms with Crippen molar-refractivity contribution in [2.24, 2.45) is 0 Å². The van der Waals surface area contributed by atoms with Gasteiger partial charge in [-0.2, -0.15) is 0 Å². The molecule has 140 valence electrons. The molecule has 2 aromatic carbocycles. The van der Waals surface area contributed by atoms with E-state index in [-0.39, 0.29) is 5.92 Å². The van der Waals surface area contributed by atoms with E-state index in [0.717, 1.165) is 17.7 Å². The van der Waals surface area contributed by atoms with E-state index in [1.165, 1.54) is 22.3 Å². The number of benzene rings is 2. The number of imidazole rings is 1. The fourth-order valence-electron chi connectivity index (χ4n) is 3.41. The van der Waals surface area contributed by atoms with Crippen LogP contribution < -0.4 is 0 Å². The first-order valence-electron chi connectivity index (χ1n) is 9.18. The highest BCUT2D eigenvalue weighted by atomic mass is 16.4. The maximum atomic E-state index is 11.5. The van der Waals surface area contributed by atoms with E-state index in [0.29, 0.717) is 0 Å². The van der Waals surface area contributed by atoms with Gasteiger partial charge in [-0.15, -0.1) is 0 Å². The number of carboxylic acids is 1. The molecule has 1 aromatic heterocycles. The van der Waals surface area contributed by atoms with Crippen molar-refractivity contribution in [1.29, 1.82) is 0 Å².